The molecule has 0 saturated heterocycles. The molecule has 100 valence electrons. The zero-order valence-corrected chi connectivity index (χ0v) is 11.0. The van der Waals surface area contributed by atoms with E-state index in [-0.39, 0.29) is 5.91 Å². The first kappa shape index (κ1) is 14.5. The summed E-state index contributed by atoms with van der Waals surface area (Å²) in [6.45, 7) is 1.92. The van der Waals surface area contributed by atoms with Gasteiger partial charge in [-0.25, -0.2) is 0 Å². The number of carbonyl (C=O) groups excluding carboxylic acids is 1. The van der Waals surface area contributed by atoms with E-state index in [0.717, 1.165) is 18.7 Å². The molecule has 0 aliphatic carbocycles. The van der Waals surface area contributed by atoms with Crippen molar-refractivity contribution in [2.24, 2.45) is 0 Å². The Balaban J connectivity index is 2.30. The third-order valence-corrected chi connectivity index (χ3v) is 2.50. The summed E-state index contributed by atoms with van der Waals surface area (Å²) in [4.78, 5) is 13.7. The van der Waals surface area contributed by atoms with Crippen LogP contribution in [0.3, 0.4) is 0 Å². The molecule has 0 unspecified atom stereocenters. The van der Waals surface area contributed by atoms with Crippen LogP contribution in [0, 0.1) is 0 Å². The average Bonchev–Trinajstić information content (AvgIpc) is 2.32. The second kappa shape index (κ2) is 7.68. The third-order valence-electron chi connectivity index (χ3n) is 2.50. The van der Waals surface area contributed by atoms with Gasteiger partial charge in [-0.15, -0.1) is 0 Å². The van der Waals surface area contributed by atoms with Crippen LogP contribution >= 0.6 is 0 Å². The topological polar surface area (TPSA) is 67.6 Å². The number of nitrogen functional groups attached to an aromatic ring is 1. The Morgan fingerprint density at radius 1 is 1.39 bits per heavy atom. The molecule has 1 rings (SSSR count). The fraction of sp³-hybridized carbons (Fsp3) is 0.462. The van der Waals surface area contributed by atoms with E-state index in [2.05, 4.69) is 5.32 Å². The number of anilines is 2. The lowest BCUT2D eigenvalue weighted by molar-refractivity contribution is -0.117. The Morgan fingerprint density at radius 3 is 2.67 bits per heavy atom. The van der Waals surface area contributed by atoms with Crippen molar-refractivity contribution in [1.82, 2.24) is 4.90 Å². The highest BCUT2D eigenvalue weighted by atomic mass is 16.5. The van der Waals surface area contributed by atoms with E-state index in [0.29, 0.717) is 18.8 Å². The van der Waals surface area contributed by atoms with Crippen molar-refractivity contribution in [2.75, 3.05) is 44.9 Å². The first-order chi connectivity index (χ1) is 8.61. The normalized spacial score (nSPS) is 10.6. The number of benzene rings is 1. The van der Waals surface area contributed by atoms with Crippen LogP contribution in [0.5, 0.6) is 0 Å². The van der Waals surface area contributed by atoms with Crippen LogP contribution < -0.4 is 11.1 Å². The fourth-order valence-electron chi connectivity index (χ4n) is 1.57. The maximum Gasteiger partial charge on any atom is 0.238 e. The number of nitrogens with two attached hydrogens (primary N) is 1. The lowest BCUT2D eigenvalue weighted by Gasteiger charge is -2.15. The second-order valence-electron chi connectivity index (χ2n) is 4.25. The lowest BCUT2D eigenvalue weighted by Crippen LogP contribution is -2.31. The van der Waals surface area contributed by atoms with Crippen molar-refractivity contribution in [3.8, 4) is 0 Å². The highest BCUT2D eigenvalue weighted by molar-refractivity contribution is 5.92. The molecule has 5 nitrogen and oxygen atoms in total. The predicted molar refractivity (Wildman–Crippen MR) is 73.5 cm³/mol. The van der Waals surface area contributed by atoms with E-state index >= 15 is 0 Å². The summed E-state index contributed by atoms with van der Waals surface area (Å²) >= 11 is 0. The summed E-state index contributed by atoms with van der Waals surface area (Å²) < 4.78 is 4.96. The van der Waals surface area contributed by atoms with Crippen LogP contribution in [0.2, 0.25) is 0 Å². The first-order valence-electron chi connectivity index (χ1n) is 5.94. The molecule has 0 fully saturated rings. The molecule has 1 amide bonds. The van der Waals surface area contributed by atoms with E-state index in [9.17, 15) is 4.79 Å². The lowest BCUT2D eigenvalue weighted by atomic mass is 10.3. The first-order valence-corrected chi connectivity index (χ1v) is 5.94. The maximum absolute atomic E-state index is 11.7. The Morgan fingerprint density at radius 2 is 2.06 bits per heavy atom. The highest BCUT2D eigenvalue weighted by Crippen LogP contribution is 2.10. The molecule has 0 spiro atoms. The molecule has 0 radical (unpaired) electrons. The Hall–Kier alpha value is -1.59. The van der Waals surface area contributed by atoms with Gasteiger partial charge in [0, 0.05) is 31.6 Å². The van der Waals surface area contributed by atoms with Crippen molar-refractivity contribution in [3.05, 3.63) is 24.3 Å². The van der Waals surface area contributed by atoms with Crippen molar-refractivity contribution >= 4 is 17.3 Å². The van der Waals surface area contributed by atoms with E-state index in [1.54, 1.807) is 31.4 Å². The number of hydrogen-bond donors (Lipinski definition) is 2. The molecule has 18 heavy (non-hydrogen) atoms. The molecule has 0 saturated carbocycles. The zero-order valence-electron chi connectivity index (χ0n) is 11.0. The van der Waals surface area contributed by atoms with Gasteiger partial charge in [0.1, 0.15) is 0 Å². The molecule has 1 aromatic carbocycles. The van der Waals surface area contributed by atoms with Gasteiger partial charge in [0.25, 0.3) is 0 Å². The number of hydrogen-bond acceptors (Lipinski definition) is 4. The van der Waals surface area contributed by atoms with E-state index in [1.807, 2.05) is 11.9 Å². The Kier molecular flexibility index (Phi) is 6.18. The van der Waals surface area contributed by atoms with Crippen LogP contribution in [0.25, 0.3) is 0 Å². The number of amides is 1. The number of carbonyl (C=O) groups is 1. The SMILES string of the molecule is COCCCN(C)CC(=O)Nc1ccc(N)cc1. The van der Waals surface area contributed by atoms with Gasteiger partial charge in [-0.05, 0) is 37.7 Å². The number of likely N-dealkylation sites (N-methyl/N-ethyl adjacent to an activating group) is 1. The molecule has 1 aromatic rings. The van der Waals surface area contributed by atoms with Gasteiger partial charge in [0.05, 0.1) is 6.54 Å². The summed E-state index contributed by atoms with van der Waals surface area (Å²) in [5.41, 5.74) is 7.02. The van der Waals surface area contributed by atoms with Gasteiger partial charge in [-0.3, -0.25) is 9.69 Å². The molecule has 3 N–H and O–H groups in total. The largest absolute Gasteiger partial charge is 0.399 e. The number of ether oxygens (including phenoxy) is 1. The van der Waals surface area contributed by atoms with Crippen LogP contribution in [0.4, 0.5) is 11.4 Å². The standard InChI is InChI=1S/C13H21N3O2/c1-16(8-3-9-18-2)10-13(17)15-12-6-4-11(14)5-7-12/h4-7H,3,8-10,14H2,1-2H3,(H,15,17). The molecule has 0 aliphatic heterocycles. The average molecular weight is 251 g/mol. The van der Waals surface area contributed by atoms with E-state index < -0.39 is 0 Å². The van der Waals surface area contributed by atoms with Crippen molar-refractivity contribution in [1.29, 1.82) is 0 Å². The van der Waals surface area contributed by atoms with Crippen LogP contribution in [0.15, 0.2) is 24.3 Å². The number of methoxy groups -OCH3 is 1. The Labute approximate surface area is 108 Å². The van der Waals surface area contributed by atoms with Gasteiger partial charge < -0.3 is 15.8 Å². The fourth-order valence-corrected chi connectivity index (χ4v) is 1.57. The molecule has 5 heteroatoms. The van der Waals surface area contributed by atoms with Gasteiger partial charge in [0.2, 0.25) is 5.91 Å². The summed E-state index contributed by atoms with van der Waals surface area (Å²) in [6, 6.07) is 7.10. The summed E-state index contributed by atoms with van der Waals surface area (Å²) in [6.07, 6.45) is 0.919. The van der Waals surface area contributed by atoms with Crippen LogP contribution in [0.1, 0.15) is 6.42 Å². The van der Waals surface area contributed by atoms with E-state index in [1.165, 1.54) is 0 Å². The minimum Gasteiger partial charge on any atom is -0.399 e. The van der Waals surface area contributed by atoms with E-state index in [4.69, 9.17) is 10.5 Å². The van der Waals surface area contributed by atoms with Gasteiger partial charge in [-0.1, -0.05) is 0 Å². The molecule has 0 atom stereocenters. The Bertz CT molecular complexity index is 365. The van der Waals surface area contributed by atoms with Crippen molar-refractivity contribution in [3.63, 3.8) is 0 Å². The number of nitrogens with one attached hydrogen (secondary N) is 1. The van der Waals surface area contributed by atoms with Gasteiger partial charge in [0.15, 0.2) is 0 Å². The molecular weight excluding hydrogens is 230 g/mol. The molecular formula is C13H21N3O2. The minimum atomic E-state index is -0.0281. The highest BCUT2D eigenvalue weighted by Gasteiger charge is 2.06. The van der Waals surface area contributed by atoms with Crippen LogP contribution in [-0.4, -0.2) is 44.7 Å². The molecule has 0 aliphatic rings. The third kappa shape index (κ3) is 5.65. The molecule has 0 aromatic heterocycles. The number of nitrogens with zero attached hydrogens (tertiary/aromatic N) is 1. The van der Waals surface area contributed by atoms with Gasteiger partial charge >= 0.3 is 0 Å². The van der Waals surface area contributed by atoms with Gasteiger partial charge in [-0.2, -0.15) is 0 Å². The predicted octanol–water partition coefficient (Wildman–Crippen LogP) is 1.18. The molecule has 0 heterocycles. The summed E-state index contributed by atoms with van der Waals surface area (Å²) in [5, 5.41) is 2.82. The van der Waals surface area contributed by atoms with Crippen molar-refractivity contribution < 1.29 is 9.53 Å². The number of rotatable bonds is 7. The quantitative estimate of drug-likeness (QED) is 0.564. The van der Waals surface area contributed by atoms with Crippen LogP contribution in [-0.2, 0) is 9.53 Å². The summed E-state index contributed by atoms with van der Waals surface area (Å²) in [7, 11) is 3.59. The molecule has 0 bridgehead atoms. The minimum absolute atomic E-state index is 0.0281. The monoisotopic (exact) mass is 251 g/mol. The maximum atomic E-state index is 11.7. The smallest absolute Gasteiger partial charge is 0.238 e. The van der Waals surface area contributed by atoms with Crippen molar-refractivity contribution in [2.45, 2.75) is 6.42 Å². The second-order valence-corrected chi connectivity index (χ2v) is 4.25. The summed E-state index contributed by atoms with van der Waals surface area (Å²) in [5.74, 6) is -0.0281. The zero-order chi connectivity index (χ0) is 13.4.